The van der Waals surface area contributed by atoms with Crippen LogP contribution >= 0.6 is 11.8 Å². The minimum absolute atomic E-state index is 0.0771. The lowest BCUT2D eigenvalue weighted by Gasteiger charge is -2.26. The Hall–Kier alpha value is -2.84. The molecule has 7 nitrogen and oxygen atoms in total. The quantitative estimate of drug-likeness (QED) is 0.428. The van der Waals surface area contributed by atoms with Gasteiger partial charge in [0.25, 0.3) is 0 Å². The minimum atomic E-state index is 0.0771. The predicted molar refractivity (Wildman–Crippen MR) is 137 cm³/mol. The number of carbonyl (C=O) groups excluding carboxylic acids is 1. The number of amides is 1. The van der Waals surface area contributed by atoms with Crippen molar-refractivity contribution in [3.8, 4) is 5.69 Å². The lowest BCUT2D eigenvalue weighted by Crippen LogP contribution is -2.38. The first kappa shape index (κ1) is 24.3. The van der Waals surface area contributed by atoms with Gasteiger partial charge in [-0.1, -0.05) is 41.6 Å². The number of aryl methyl sites for hydroxylation is 2. The van der Waals surface area contributed by atoms with Gasteiger partial charge in [-0.3, -0.25) is 9.36 Å². The molecule has 180 valence electrons. The highest BCUT2D eigenvalue weighted by molar-refractivity contribution is 7.99. The summed E-state index contributed by atoms with van der Waals surface area (Å²) in [6, 6.07) is 16.6. The number of rotatable bonds is 9. The molecule has 34 heavy (non-hydrogen) atoms. The number of carbonyl (C=O) groups is 1. The Morgan fingerprint density at radius 1 is 1.09 bits per heavy atom. The lowest BCUT2D eigenvalue weighted by molar-refractivity contribution is -0.130. The van der Waals surface area contributed by atoms with E-state index < -0.39 is 0 Å². The molecule has 0 spiro atoms. The zero-order chi connectivity index (χ0) is 24.1. The maximum atomic E-state index is 13.4. The van der Waals surface area contributed by atoms with Crippen LogP contribution in [0, 0.1) is 13.8 Å². The third kappa shape index (κ3) is 5.98. The summed E-state index contributed by atoms with van der Waals surface area (Å²) in [7, 11) is 4.05. The number of nitrogens with zero attached hydrogens (tertiary/aromatic N) is 5. The van der Waals surface area contributed by atoms with Crippen LogP contribution in [0.5, 0.6) is 0 Å². The van der Waals surface area contributed by atoms with Gasteiger partial charge in [0.1, 0.15) is 5.82 Å². The van der Waals surface area contributed by atoms with Gasteiger partial charge in [0.2, 0.25) is 5.91 Å². The molecule has 1 aliphatic rings. The molecule has 1 saturated heterocycles. The van der Waals surface area contributed by atoms with Gasteiger partial charge in [0.05, 0.1) is 11.9 Å². The van der Waals surface area contributed by atoms with Crippen LogP contribution in [0.1, 0.15) is 29.8 Å². The summed E-state index contributed by atoms with van der Waals surface area (Å²) >= 11 is 1.43. The molecule has 0 N–H and O–H groups in total. The van der Waals surface area contributed by atoms with Crippen molar-refractivity contribution in [2.24, 2.45) is 0 Å². The third-order valence-electron chi connectivity index (χ3n) is 6.04. The summed E-state index contributed by atoms with van der Waals surface area (Å²) in [5, 5.41) is 9.31. The minimum Gasteiger partial charge on any atom is -0.378 e. The Balaban J connectivity index is 1.47. The van der Waals surface area contributed by atoms with E-state index in [1.165, 1.54) is 17.3 Å². The Morgan fingerprint density at radius 3 is 2.47 bits per heavy atom. The summed E-state index contributed by atoms with van der Waals surface area (Å²) in [4.78, 5) is 17.4. The second-order valence-corrected chi connectivity index (χ2v) is 9.90. The monoisotopic (exact) mass is 479 g/mol. The van der Waals surface area contributed by atoms with E-state index in [1.54, 1.807) is 0 Å². The molecular formula is C26H33N5O2S. The average Bonchev–Trinajstić information content (AvgIpc) is 3.47. The highest BCUT2D eigenvalue weighted by Crippen LogP contribution is 2.24. The fourth-order valence-corrected chi connectivity index (χ4v) is 4.95. The highest BCUT2D eigenvalue weighted by Gasteiger charge is 2.24. The number of hydrogen-bond donors (Lipinski definition) is 0. The summed E-state index contributed by atoms with van der Waals surface area (Å²) in [5.74, 6) is 1.18. The Kier molecular flexibility index (Phi) is 7.90. The van der Waals surface area contributed by atoms with Crippen LogP contribution in [0.15, 0.2) is 53.7 Å². The summed E-state index contributed by atoms with van der Waals surface area (Å²) in [6.45, 7) is 5.95. The van der Waals surface area contributed by atoms with Crippen molar-refractivity contribution in [1.82, 2.24) is 19.7 Å². The first-order chi connectivity index (χ1) is 16.4. The van der Waals surface area contributed by atoms with Crippen molar-refractivity contribution in [2.45, 2.75) is 44.5 Å². The van der Waals surface area contributed by atoms with Crippen LogP contribution < -0.4 is 4.90 Å². The van der Waals surface area contributed by atoms with E-state index >= 15 is 0 Å². The van der Waals surface area contributed by atoms with Crippen LogP contribution in [0.25, 0.3) is 5.69 Å². The Morgan fingerprint density at radius 2 is 1.82 bits per heavy atom. The molecule has 2 heterocycles. The zero-order valence-electron chi connectivity index (χ0n) is 20.4. The number of benzene rings is 2. The Labute approximate surface area is 206 Å². The summed E-state index contributed by atoms with van der Waals surface area (Å²) in [6.07, 6.45) is 2.16. The predicted octanol–water partition coefficient (Wildman–Crippen LogP) is 4.25. The van der Waals surface area contributed by atoms with Crippen LogP contribution in [0.2, 0.25) is 0 Å². The number of ether oxygens (including phenoxy) is 1. The normalized spacial score (nSPS) is 15.5. The molecule has 0 saturated carbocycles. The fourth-order valence-electron chi connectivity index (χ4n) is 4.05. The standard InChI is InChI=1S/C26H33N5O2S/c1-19-7-11-23(12-8-19)31-20(2)27-28-26(31)34-18-25(32)30(17-24-6-5-15-33-24)16-21-9-13-22(14-10-21)29(3)4/h7-14,24H,5-6,15-18H2,1-4H3/t24-/m1/s1. The van der Waals surface area contributed by atoms with Gasteiger partial charge in [0, 0.05) is 45.2 Å². The molecular weight excluding hydrogens is 446 g/mol. The van der Waals surface area contributed by atoms with E-state index in [0.29, 0.717) is 18.8 Å². The van der Waals surface area contributed by atoms with E-state index in [4.69, 9.17) is 4.74 Å². The molecule has 2 aromatic carbocycles. The largest absolute Gasteiger partial charge is 0.378 e. The molecule has 1 aliphatic heterocycles. The molecule has 1 aromatic heterocycles. The van der Waals surface area contributed by atoms with Crippen molar-refractivity contribution in [1.29, 1.82) is 0 Å². The molecule has 1 fully saturated rings. The van der Waals surface area contributed by atoms with Gasteiger partial charge in [-0.2, -0.15) is 0 Å². The maximum Gasteiger partial charge on any atom is 0.233 e. The van der Waals surface area contributed by atoms with E-state index in [0.717, 1.165) is 47.4 Å². The topological polar surface area (TPSA) is 63.5 Å². The summed E-state index contributed by atoms with van der Waals surface area (Å²) < 4.78 is 7.84. The number of aromatic nitrogens is 3. The van der Waals surface area contributed by atoms with Gasteiger partial charge >= 0.3 is 0 Å². The molecule has 0 radical (unpaired) electrons. The molecule has 0 unspecified atom stereocenters. The summed E-state index contributed by atoms with van der Waals surface area (Å²) in [5.41, 5.74) is 4.45. The van der Waals surface area contributed by atoms with Crippen LogP contribution in [0.3, 0.4) is 0 Å². The van der Waals surface area contributed by atoms with Crippen molar-refractivity contribution in [2.75, 3.05) is 37.9 Å². The molecule has 8 heteroatoms. The van der Waals surface area contributed by atoms with Crippen molar-refractivity contribution in [3.63, 3.8) is 0 Å². The van der Waals surface area contributed by atoms with E-state index in [9.17, 15) is 4.79 Å². The van der Waals surface area contributed by atoms with Gasteiger partial charge < -0.3 is 14.5 Å². The van der Waals surface area contributed by atoms with Gasteiger partial charge in [-0.05, 0) is 56.5 Å². The molecule has 4 rings (SSSR count). The molecule has 0 aliphatic carbocycles. The SMILES string of the molecule is Cc1ccc(-n2c(C)nnc2SCC(=O)N(Cc2ccc(N(C)C)cc2)C[C@H]2CCCO2)cc1. The maximum absolute atomic E-state index is 13.4. The van der Waals surface area contributed by atoms with Crippen LogP contribution in [-0.4, -0.2) is 64.7 Å². The number of anilines is 1. The number of thioether (sulfide) groups is 1. The number of hydrogen-bond acceptors (Lipinski definition) is 6. The lowest BCUT2D eigenvalue weighted by atomic mass is 10.1. The van der Waals surface area contributed by atoms with Crippen molar-refractivity contribution >= 4 is 23.4 Å². The third-order valence-corrected chi connectivity index (χ3v) is 6.95. The Bertz CT molecular complexity index is 1090. The van der Waals surface area contributed by atoms with Gasteiger partial charge in [-0.25, -0.2) is 0 Å². The van der Waals surface area contributed by atoms with E-state index in [-0.39, 0.29) is 12.0 Å². The van der Waals surface area contributed by atoms with Gasteiger partial charge in [0.15, 0.2) is 5.16 Å². The second kappa shape index (κ2) is 11.1. The zero-order valence-corrected chi connectivity index (χ0v) is 21.2. The van der Waals surface area contributed by atoms with Crippen molar-refractivity contribution in [3.05, 3.63) is 65.5 Å². The van der Waals surface area contributed by atoms with E-state index in [1.807, 2.05) is 30.5 Å². The first-order valence-corrected chi connectivity index (χ1v) is 12.7. The molecule has 0 bridgehead atoms. The smallest absolute Gasteiger partial charge is 0.233 e. The molecule has 3 aromatic rings. The van der Waals surface area contributed by atoms with Crippen LogP contribution in [0.4, 0.5) is 5.69 Å². The first-order valence-electron chi connectivity index (χ1n) is 11.7. The van der Waals surface area contributed by atoms with Crippen LogP contribution in [-0.2, 0) is 16.1 Å². The van der Waals surface area contributed by atoms with Crippen molar-refractivity contribution < 1.29 is 9.53 Å². The fraction of sp³-hybridized carbons (Fsp3) is 0.423. The molecule has 1 amide bonds. The van der Waals surface area contributed by atoms with Gasteiger partial charge in [-0.15, -0.1) is 10.2 Å². The second-order valence-electron chi connectivity index (χ2n) is 8.96. The highest BCUT2D eigenvalue weighted by atomic mass is 32.2. The van der Waals surface area contributed by atoms with E-state index in [2.05, 4.69) is 70.6 Å². The average molecular weight is 480 g/mol. The molecule has 1 atom stereocenters.